The van der Waals surface area contributed by atoms with Crippen molar-refractivity contribution < 1.29 is 4.79 Å². The number of nitrogens with one attached hydrogen (secondary N) is 1. The van der Waals surface area contributed by atoms with Crippen molar-refractivity contribution in [3.8, 4) is 0 Å². The van der Waals surface area contributed by atoms with E-state index < -0.39 is 0 Å². The van der Waals surface area contributed by atoms with Crippen molar-refractivity contribution in [1.82, 2.24) is 20.2 Å². The zero-order valence-electron chi connectivity index (χ0n) is 19.3. The van der Waals surface area contributed by atoms with Crippen molar-refractivity contribution in [3.63, 3.8) is 0 Å². The van der Waals surface area contributed by atoms with Crippen LogP contribution in [0, 0.1) is 0 Å². The molecule has 2 amide bonds. The standard InChI is InChI=1S/C25H34N6O/c1-29(2)25(20-9-5-3-6-10-20)13-11-24(12-14-25)19-31(23(32)28-24)21-17-26-22(27-18-21)30-15-7-4-8-16-30/h3,5-6,9-10,17-18H,4,7-8,11-16,19H2,1-2H3,(H,28,32)/t24-,25+. The first-order valence-electron chi connectivity index (χ1n) is 11.9. The summed E-state index contributed by atoms with van der Waals surface area (Å²) in [4.78, 5) is 28.5. The molecule has 1 aromatic carbocycles. The van der Waals surface area contributed by atoms with Crippen molar-refractivity contribution >= 4 is 17.7 Å². The van der Waals surface area contributed by atoms with Crippen LogP contribution in [0.5, 0.6) is 0 Å². The van der Waals surface area contributed by atoms with Gasteiger partial charge in [0, 0.05) is 18.6 Å². The number of benzene rings is 1. The first kappa shape index (κ1) is 21.2. The normalized spacial score (nSPS) is 28.4. The van der Waals surface area contributed by atoms with E-state index in [1.165, 1.54) is 24.8 Å². The predicted octanol–water partition coefficient (Wildman–Crippen LogP) is 3.77. The van der Waals surface area contributed by atoms with Crippen molar-refractivity contribution in [2.75, 3.05) is 43.5 Å². The molecule has 32 heavy (non-hydrogen) atoms. The van der Waals surface area contributed by atoms with Crippen molar-refractivity contribution in [2.24, 2.45) is 0 Å². The van der Waals surface area contributed by atoms with E-state index in [0.29, 0.717) is 6.54 Å². The maximum atomic E-state index is 12.9. The fourth-order valence-electron chi connectivity index (χ4n) is 5.80. The van der Waals surface area contributed by atoms with Gasteiger partial charge in [0.15, 0.2) is 0 Å². The zero-order valence-corrected chi connectivity index (χ0v) is 19.3. The van der Waals surface area contributed by atoms with Crippen LogP contribution in [0.3, 0.4) is 0 Å². The first-order valence-corrected chi connectivity index (χ1v) is 11.9. The summed E-state index contributed by atoms with van der Waals surface area (Å²) in [6.07, 6.45) is 11.2. The minimum absolute atomic E-state index is 0.0177. The molecule has 1 aromatic heterocycles. The number of amides is 2. The average molecular weight is 435 g/mol. The van der Waals surface area contributed by atoms with Gasteiger partial charge in [-0.3, -0.25) is 9.80 Å². The molecule has 3 fully saturated rings. The Labute approximate surface area is 190 Å². The van der Waals surface area contributed by atoms with Gasteiger partial charge in [-0.05, 0) is 64.6 Å². The van der Waals surface area contributed by atoms with Crippen molar-refractivity contribution in [2.45, 2.75) is 56.0 Å². The molecule has 1 spiro atoms. The highest BCUT2D eigenvalue weighted by atomic mass is 16.2. The van der Waals surface area contributed by atoms with Gasteiger partial charge in [0.2, 0.25) is 5.95 Å². The molecule has 0 bridgehead atoms. The molecule has 0 unspecified atom stereocenters. The Morgan fingerprint density at radius 1 is 0.938 bits per heavy atom. The van der Waals surface area contributed by atoms with Crippen LogP contribution in [-0.4, -0.2) is 60.2 Å². The Balaban J connectivity index is 1.30. The minimum atomic E-state index is -0.184. The number of aromatic nitrogens is 2. The monoisotopic (exact) mass is 434 g/mol. The second kappa shape index (κ2) is 8.35. The third-order valence-corrected chi connectivity index (χ3v) is 7.85. The number of carbonyl (C=O) groups is 1. The molecule has 1 N–H and O–H groups in total. The van der Waals surface area contributed by atoms with E-state index in [1.807, 2.05) is 17.3 Å². The molecule has 1 aliphatic carbocycles. The Bertz CT molecular complexity index is 931. The van der Waals surface area contributed by atoms with Crippen molar-refractivity contribution in [1.29, 1.82) is 0 Å². The number of hydrogen-bond acceptors (Lipinski definition) is 5. The highest BCUT2D eigenvalue weighted by Gasteiger charge is 2.50. The molecular weight excluding hydrogens is 400 g/mol. The molecule has 0 radical (unpaired) electrons. The lowest BCUT2D eigenvalue weighted by atomic mass is 9.69. The van der Waals surface area contributed by atoms with Crippen LogP contribution in [0.4, 0.5) is 16.4 Å². The first-order chi connectivity index (χ1) is 15.5. The molecule has 2 aliphatic heterocycles. The lowest BCUT2D eigenvalue weighted by Gasteiger charge is -2.48. The quantitative estimate of drug-likeness (QED) is 0.794. The Hall–Kier alpha value is -2.67. The van der Waals surface area contributed by atoms with Gasteiger partial charge in [-0.2, -0.15) is 0 Å². The minimum Gasteiger partial charge on any atom is -0.341 e. The van der Waals surface area contributed by atoms with Gasteiger partial charge in [-0.1, -0.05) is 30.3 Å². The van der Waals surface area contributed by atoms with Gasteiger partial charge in [0.25, 0.3) is 0 Å². The molecule has 3 heterocycles. The molecule has 2 saturated heterocycles. The molecule has 2 aromatic rings. The van der Waals surface area contributed by atoms with Gasteiger partial charge >= 0.3 is 6.03 Å². The van der Waals surface area contributed by atoms with E-state index in [9.17, 15) is 4.79 Å². The van der Waals surface area contributed by atoms with Crippen LogP contribution in [0.1, 0.15) is 50.5 Å². The molecular formula is C25H34N6O. The van der Waals surface area contributed by atoms with Crippen LogP contribution < -0.4 is 15.1 Å². The van der Waals surface area contributed by atoms with Gasteiger partial charge in [0.05, 0.1) is 30.2 Å². The lowest BCUT2D eigenvalue weighted by molar-refractivity contribution is 0.0658. The second-order valence-corrected chi connectivity index (χ2v) is 9.88. The summed E-state index contributed by atoms with van der Waals surface area (Å²) in [6, 6.07) is 10.8. The van der Waals surface area contributed by atoms with Gasteiger partial charge in [-0.15, -0.1) is 0 Å². The number of urea groups is 1. The van der Waals surface area contributed by atoms with Crippen LogP contribution >= 0.6 is 0 Å². The smallest absolute Gasteiger partial charge is 0.322 e. The summed E-state index contributed by atoms with van der Waals surface area (Å²) in [6.45, 7) is 2.71. The van der Waals surface area contributed by atoms with Gasteiger partial charge in [0.1, 0.15) is 0 Å². The highest BCUT2D eigenvalue weighted by molar-refractivity contribution is 5.95. The SMILES string of the molecule is CN(C)[C@]1(c2ccccc2)CC[C@]2(CC1)CN(c1cnc(N3CCCCC3)nc1)C(=O)N2. The number of carbonyl (C=O) groups excluding carboxylic acids is 1. The van der Waals surface area contributed by atoms with E-state index in [4.69, 9.17) is 0 Å². The molecule has 3 aliphatic rings. The Kier molecular flexibility index (Phi) is 5.53. The fraction of sp³-hybridized carbons (Fsp3) is 0.560. The van der Waals surface area contributed by atoms with Gasteiger partial charge < -0.3 is 10.2 Å². The number of hydrogen-bond donors (Lipinski definition) is 1. The average Bonchev–Trinajstić information content (AvgIpc) is 3.16. The predicted molar refractivity (Wildman–Crippen MR) is 127 cm³/mol. The third kappa shape index (κ3) is 3.72. The van der Waals surface area contributed by atoms with E-state index in [2.05, 4.69) is 69.5 Å². The summed E-state index contributed by atoms with van der Waals surface area (Å²) in [7, 11) is 4.34. The largest absolute Gasteiger partial charge is 0.341 e. The van der Waals surface area contributed by atoms with E-state index in [1.54, 1.807) is 0 Å². The summed E-state index contributed by atoms with van der Waals surface area (Å²) in [5, 5.41) is 3.33. The number of anilines is 2. The molecule has 7 nitrogen and oxygen atoms in total. The van der Waals surface area contributed by atoms with Crippen LogP contribution in [0.2, 0.25) is 0 Å². The molecule has 7 heteroatoms. The van der Waals surface area contributed by atoms with Gasteiger partial charge in [-0.25, -0.2) is 14.8 Å². The third-order valence-electron chi connectivity index (χ3n) is 7.85. The van der Waals surface area contributed by atoms with Crippen LogP contribution in [0.25, 0.3) is 0 Å². The zero-order chi connectivity index (χ0) is 22.2. The summed E-state index contributed by atoms with van der Waals surface area (Å²) in [5.41, 5.74) is 1.98. The maximum Gasteiger partial charge on any atom is 0.322 e. The summed E-state index contributed by atoms with van der Waals surface area (Å²) >= 11 is 0. The topological polar surface area (TPSA) is 64.6 Å². The summed E-state index contributed by atoms with van der Waals surface area (Å²) in [5.74, 6) is 0.777. The van der Waals surface area contributed by atoms with Crippen molar-refractivity contribution in [3.05, 3.63) is 48.3 Å². The lowest BCUT2D eigenvalue weighted by Crippen LogP contribution is -2.54. The molecule has 170 valence electrons. The van der Waals surface area contributed by atoms with E-state index in [0.717, 1.165) is 50.4 Å². The number of piperidine rings is 1. The number of rotatable bonds is 4. The van der Waals surface area contributed by atoms with Crippen LogP contribution in [0.15, 0.2) is 42.7 Å². The maximum absolute atomic E-state index is 12.9. The number of nitrogens with zero attached hydrogens (tertiary/aromatic N) is 5. The summed E-state index contributed by atoms with van der Waals surface area (Å²) < 4.78 is 0. The molecule has 0 atom stereocenters. The van der Waals surface area contributed by atoms with E-state index >= 15 is 0 Å². The molecule has 5 rings (SSSR count). The van der Waals surface area contributed by atoms with Crippen LogP contribution in [-0.2, 0) is 5.54 Å². The Morgan fingerprint density at radius 3 is 2.22 bits per heavy atom. The highest BCUT2D eigenvalue weighted by Crippen LogP contribution is 2.46. The Morgan fingerprint density at radius 2 is 1.59 bits per heavy atom. The fourth-order valence-corrected chi connectivity index (χ4v) is 5.80. The van der Waals surface area contributed by atoms with E-state index in [-0.39, 0.29) is 17.1 Å². The molecule has 1 saturated carbocycles. The second-order valence-electron chi connectivity index (χ2n) is 9.88.